The minimum atomic E-state index is -2.63. The summed E-state index contributed by atoms with van der Waals surface area (Å²) in [5.74, 6) is 0. The summed E-state index contributed by atoms with van der Waals surface area (Å²) >= 11 is 0. The SMILES string of the molecule is Cl.NC[C]12[CH]3[CH]4[CH]5[CH]1[Fe]45321678[CH]2[CH]1[CH]6[CH]7[CH]28. The van der Waals surface area contributed by atoms with Gasteiger partial charge in [-0.25, -0.2) is 0 Å². The number of halogens is 1. The number of hydrogen-bond acceptors (Lipinski definition) is 1. The molecular weight excluding hydrogens is 237 g/mol. The van der Waals surface area contributed by atoms with Crippen LogP contribution < -0.4 is 5.73 Å². The summed E-state index contributed by atoms with van der Waals surface area (Å²) in [7, 11) is 0. The van der Waals surface area contributed by atoms with Crippen LogP contribution in [0.4, 0.5) is 0 Å². The Hall–Kier alpha value is 0.769. The average Bonchev–Trinajstić information content (AvgIpc) is 3.12. The van der Waals surface area contributed by atoms with Gasteiger partial charge >= 0.3 is 66.4 Å². The summed E-state index contributed by atoms with van der Waals surface area (Å²) in [6.45, 7) is -1.45. The molecule has 0 aromatic carbocycles. The number of nitrogens with two attached hydrogens (primary N) is 1. The number of fused-ring (bicyclic) bond motifs is 10. The summed E-state index contributed by atoms with van der Waals surface area (Å²) in [6, 6.07) is 0. The molecule has 14 heavy (non-hydrogen) atoms. The fourth-order valence-electron chi connectivity index (χ4n) is 17.2. The van der Waals surface area contributed by atoms with Gasteiger partial charge in [-0.1, -0.05) is 0 Å². The Morgan fingerprint density at radius 1 is 0.857 bits per heavy atom. The van der Waals surface area contributed by atoms with E-state index in [1.807, 2.05) is 0 Å². The van der Waals surface area contributed by atoms with E-state index in [2.05, 4.69) is 0 Å². The molecule has 0 aliphatic carbocycles. The van der Waals surface area contributed by atoms with Crippen LogP contribution in [0.3, 0.4) is 0 Å². The van der Waals surface area contributed by atoms with Crippen LogP contribution in [0.15, 0.2) is 0 Å². The Morgan fingerprint density at radius 2 is 1.29 bits per heavy atom. The van der Waals surface area contributed by atoms with Crippen molar-refractivity contribution in [3.05, 3.63) is 0 Å². The Bertz CT molecular complexity index is 775. The maximum atomic E-state index is 6.24. The molecule has 4 atom stereocenters. The van der Waals surface area contributed by atoms with Crippen LogP contribution in [0, 0.1) is 0 Å². The topological polar surface area (TPSA) is 26.0 Å². The summed E-state index contributed by atoms with van der Waals surface area (Å²) in [6.07, 6.45) is 0. The predicted molar refractivity (Wildman–Crippen MR) is 52.7 cm³/mol. The van der Waals surface area contributed by atoms with Crippen molar-refractivity contribution in [1.82, 2.24) is 0 Å². The molecule has 0 amide bonds. The Morgan fingerprint density at radius 3 is 1.36 bits per heavy atom. The molecular formula is C11H14ClFeN. The summed E-state index contributed by atoms with van der Waals surface area (Å²) < 4.78 is 1.01. The van der Waals surface area contributed by atoms with E-state index in [1.54, 1.807) is 0 Å². The van der Waals surface area contributed by atoms with Gasteiger partial charge in [0, 0.05) is 0 Å². The third kappa shape index (κ3) is 0.0376. The second-order valence-electron chi connectivity index (χ2n) is 10.0. The van der Waals surface area contributed by atoms with Crippen LogP contribution >= 0.6 is 12.4 Å². The first kappa shape index (κ1) is 5.40. The van der Waals surface area contributed by atoms with Gasteiger partial charge in [0.05, 0.1) is 0 Å². The summed E-state index contributed by atoms with van der Waals surface area (Å²) in [5, 5.41) is 0. The van der Waals surface area contributed by atoms with E-state index < -0.39 is 6.51 Å². The molecule has 0 aromatic heterocycles. The first-order chi connectivity index (χ1) is 6.11. The monoisotopic (exact) mass is 251 g/mol. The van der Waals surface area contributed by atoms with Crippen molar-refractivity contribution in [1.29, 1.82) is 0 Å². The van der Waals surface area contributed by atoms with Crippen molar-refractivity contribution in [3.8, 4) is 0 Å². The van der Waals surface area contributed by atoms with Crippen molar-refractivity contribution in [2.75, 3.05) is 6.54 Å². The molecule has 10 aliphatic heterocycles. The Kier molecular flexibility index (Phi) is 0.136. The molecule has 1 spiro atoms. The van der Waals surface area contributed by atoms with E-state index in [0.29, 0.717) is 0 Å². The molecule has 10 rings (SSSR count). The Labute approximate surface area is 78.9 Å². The molecule has 4 unspecified atom stereocenters. The van der Waals surface area contributed by atoms with Crippen LogP contribution in [0.25, 0.3) is 0 Å². The number of hydrogen-bond donors (Lipinski definition) is 1. The minimum absolute atomic E-state index is 0. The zero-order chi connectivity index (χ0) is 7.72. The molecule has 1 nitrogen and oxygen atoms in total. The molecule has 2 N–H and O–H groups in total. The molecule has 10 saturated heterocycles. The zero-order valence-electron chi connectivity index (χ0n) is 7.74. The molecule has 3 heteroatoms. The fourth-order valence-corrected chi connectivity index (χ4v) is 92.1. The van der Waals surface area contributed by atoms with Gasteiger partial charge in [0.15, 0.2) is 0 Å². The molecule has 0 aromatic rings. The summed E-state index contributed by atoms with van der Waals surface area (Å²) in [5.41, 5.74) is 6.24. The van der Waals surface area contributed by atoms with E-state index in [4.69, 9.17) is 5.73 Å². The molecule has 78 valence electrons. The third-order valence-corrected chi connectivity index (χ3v) is 58.3. The maximum absolute atomic E-state index is 6.24. The van der Waals surface area contributed by atoms with Crippen LogP contribution in [0.1, 0.15) is 0 Å². The molecule has 0 bridgehead atoms. The van der Waals surface area contributed by atoms with Gasteiger partial charge in [-0.2, -0.15) is 0 Å². The zero-order valence-corrected chi connectivity index (χ0v) is 9.66. The van der Waals surface area contributed by atoms with Gasteiger partial charge in [0.25, 0.3) is 0 Å². The van der Waals surface area contributed by atoms with Crippen LogP contribution in [-0.2, 0) is 6.51 Å². The molecule has 0 saturated carbocycles. The van der Waals surface area contributed by atoms with Gasteiger partial charge in [-0.05, 0) is 0 Å². The van der Waals surface area contributed by atoms with Gasteiger partial charge in [0.1, 0.15) is 0 Å². The van der Waals surface area contributed by atoms with Crippen molar-refractivity contribution >= 4 is 12.4 Å². The molecule has 0 radical (unpaired) electrons. The van der Waals surface area contributed by atoms with E-state index in [0.717, 1.165) is 4.31 Å². The van der Waals surface area contributed by atoms with Crippen LogP contribution in [-0.4, -0.2) is 6.54 Å². The van der Waals surface area contributed by atoms with Crippen molar-refractivity contribution in [2.24, 2.45) is 5.73 Å². The summed E-state index contributed by atoms with van der Waals surface area (Å²) in [4.78, 5) is 13.2. The normalized spacial score (nSPS) is 141. The van der Waals surface area contributed by atoms with Gasteiger partial charge in [-0.15, -0.1) is 12.4 Å². The van der Waals surface area contributed by atoms with Crippen molar-refractivity contribution < 1.29 is 6.51 Å². The molecule has 10 aliphatic rings. The van der Waals surface area contributed by atoms with Crippen molar-refractivity contribution in [3.63, 3.8) is 0 Å². The first-order valence-corrected chi connectivity index (χ1v) is 12.3. The van der Waals surface area contributed by atoms with E-state index >= 15 is 0 Å². The van der Waals surface area contributed by atoms with Gasteiger partial charge in [0.2, 0.25) is 0 Å². The van der Waals surface area contributed by atoms with E-state index in [-0.39, 0.29) is 12.4 Å². The number of rotatable bonds is 1. The molecule has 10 heterocycles. The second kappa shape index (κ2) is 0.353. The first-order valence-electron chi connectivity index (χ1n) is 6.02. The van der Waals surface area contributed by atoms with Crippen LogP contribution in [0.5, 0.6) is 0 Å². The predicted octanol–water partition coefficient (Wildman–Crippen LogP) is 3.13. The Balaban J connectivity index is 0.000000484. The van der Waals surface area contributed by atoms with E-state index in [9.17, 15) is 0 Å². The third-order valence-electron chi connectivity index (χ3n) is 15.3. The quantitative estimate of drug-likeness (QED) is 0.712. The van der Waals surface area contributed by atoms with E-state index in [1.165, 1.54) is 49.9 Å². The second-order valence-corrected chi connectivity index (χ2v) is 33.7. The fraction of sp³-hybridized carbons (Fsp3) is 1.00. The van der Waals surface area contributed by atoms with Gasteiger partial charge in [-0.3, -0.25) is 0 Å². The molecule has 10 fully saturated rings. The van der Waals surface area contributed by atoms with Crippen LogP contribution in [0.2, 0.25) is 47.7 Å². The van der Waals surface area contributed by atoms with Crippen molar-refractivity contribution in [2.45, 2.75) is 47.7 Å². The standard InChI is InChI=1S/C6H8N.C5H5.ClH.Fe/c7-5-6-3-1-2-4-6;1-2-4-5-3-1;;/h1-4H,5,7H2;1-5H;1H;. The van der Waals surface area contributed by atoms with Gasteiger partial charge < -0.3 is 0 Å². The average molecular weight is 252 g/mol.